The summed E-state index contributed by atoms with van der Waals surface area (Å²) in [7, 11) is 0. The number of nitrogens with one attached hydrogen (secondary N) is 1. The monoisotopic (exact) mass is 245 g/mol. The molecule has 1 aliphatic rings. The van der Waals surface area contributed by atoms with Crippen LogP contribution in [0.4, 0.5) is 18.9 Å². The Labute approximate surface area is 95.3 Å². The van der Waals surface area contributed by atoms with Gasteiger partial charge in [-0.2, -0.15) is 13.2 Å². The number of alkyl halides is 3. The molecule has 0 bridgehead atoms. The largest absolute Gasteiger partial charge is 0.389 e. The molecule has 1 atom stereocenters. The van der Waals surface area contributed by atoms with Gasteiger partial charge in [-0.05, 0) is 12.5 Å². The van der Waals surface area contributed by atoms with Crippen LogP contribution in [0.2, 0.25) is 0 Å². The van der Waals surface area contributed by atoms with Crippen molar-refractivity contribution in [1.82, 2.24) is 0 Å². The lowest BCUT2D eigenvalue weighted by atomic mass is 9.90. The van der Waals surface area contributed by atoms with Crippen molar-refractivity contribution in [3.8, 4) is 0 Å². The smallest absolute Gasteiger partial charge is 0.375 e. The molecule has 1 unspecified atom stereocenters. The number of carbonyl (C=O) groups is 1. The second kappa shape index (κ2) is 3.73. The Morgan fingerprint density at radius 3 is 2.59 bits per heavy atom. The van der Waals surface area contributed by atoms with Gasteiger partial charge in [-0.25, -0.2) is 0 Å². The number of halogens is 3. The number of aliphatic hydroxyl groups is 1. The fourth-order valence-corrected chi connectivity index (χ4v) is 1.87. The molecule has 1 heterocycles. The summed E-state index contributed by atoms with van der Waals surface area (Å²) in [6, 6.07) is 6.19. The highest BCUT2D eigenvalue weighted by Crippen LogP contribution is 2.40. The Hall–Kier alpha value is -1.56. The minimum atomic E-state index is -4.40. The summed E-state index contributed by atoms with van der Waals surface area (Å²) in [5, 5.41) is 12.4. The van der Waals surface area contributed by atoms with Crippen molar-refractivity contribution < 1.29 is 23.1 Å². The first-order chi connectivity index (χ1) is 7.83. The van der Waals surface area contributed by atoms with Crippen LogP contribution in [0.25, 0.3) is 0 Å². The maximum absolute atomic E-state index is 12.1. The molecule has 0 radical (unpaired) electrons. The Morgan fingerprint density at radius 2 is 1.94 bits per heavy atom. The van der Waals surface area contributed by atoms with Crippen LogP contribution >= 0.6 is 0 Å². The van der Waals surface area contributed by atoms with Gasteiger partial charge in [-0.3, -0.25) is 4.79 Å². The van der Waals surface area contributed by atoms with E-state index in [9.17, 15) is 23.1 Å². The van der Waals surface area contributed by atoms with Crippen molar-refractivity contribution in [2.24, 2.45) is 0 Å². The van der Waals surface area contributed by atoms with Gasteiger partial charge in [-0.15, -0.1) is 0 Å². The van der Waals surface area contributed by atoms with E-state index in [0.717, 1.165) is 0 Å². The first-order valence-electron chi connectivity index (χ1n) is 5.03. The summed E-state index contributed by atoms with van der Waals surface area (Å²) in [6.45, 7) is 0. The zero-order valence-electron chi connectivity index (χ0n) is 8.71. The van der Waals surface area contributed by atoms with E-state index in [-0.39, 0.29) is 5.56 Å². The van der Waals surface area contributed by atoms with Gasteiger partial charge in [0.15, 0.2) is 5.60 Å². The zero-order valence-corrected chi connectivity index (χ0v) is 8.71. The molecule has 6 heteroatoms. The Bertz CT molecular complexity index is 458. The predicted molar refractivity (Wildman–Crippen MR) is 54.3 cm³/mol. The van der Waals surface area contributed by atoms with Gasteiger partial charge in [0, 0.05) is 17.7 Å². The highest BCUT2D eigenvalue weighted by Gasteiger charge is 2.46. The summed E-state index contributed by atoms with van der Waals surface area (Å²) in [5.74, 6) is -0.803. The normalized spacial score (nSPS) is 23.4. The minimum absolute atomic E-state index is 0.203. The van der Waals surface area contributed by atoms with Gasteiger partial charge in [0.05, 0.1) is 0 Å². The molecule has 1 amide bonds. The molecular formula is C11H10F3NO2. The van der Waals surface area contributed by atoms with E-state index in [1.807, 2.05) is 0 Å². The molecule has 0 saturated heterocycles. The van der Waals surface area contributed by atoms with Crippen molar-refractivity contribution in [2.75, 3.05) is 5.32 Å². The molecule has 2 rings (SSSR count). The molecule has 3 nitrogen and oxygen atoms in total. The number of hydrogen-bond acceptors (Lipinski definition) is 2. The topological polar surface area (TPSA) is 49.3 Å². The molecule has 1 aromatic rings. The van der Waals surface area contributed by atoms with Crippen molar-refractivity contribution >= 4 is 11.6 Å². The van der Waals surface area contributed by atoms with Crippen LogP contribution in [0, 0.1) is 0 Å². The molecule has 17 heavy (non-hydrogen) atoms. The number of para-hydroxylation sites is 1. The molecule has 1 aromatic carbocycles. The van der Waals surface area contributed by atoms with Crippen molar-refractivity contribution in [1.29, 1.82) is 0 Å². The van der Waals surface area contributed by atoms with E-state index in [1.165, 1.54) is 6.07 Å². The van der Waals surface area contributed by atoms with Gasteiger partial charge >= 0.3 is 6.18 Å². The van der Waals surface area contributed by atoms with Gasteiger partial charge in [-0.1, -0.05) is 18.2 Å². The van der Waals surface area contributed by atoms with Crippen molar-refractivity contribution in [3.63, 3.8) is 0 Å². The zero-order chi connectivity index (χ0) is 12.7. The summed E-state index contributed by atoms with van der Waals surface area (Å²) in [4.78, 5) is 11.5. The third-order valence-corrected chi connectivity index (χ3v) is 2.77. The molecule has 0 fully saturated rings. The molecule has 0 aromatic heterocycles. The van der Waals surface area contributed by atoms with Crippen LogP contribution in [-0.4, -0.2) is 17.2 Å². The van der Waals surface area contributed by atoms with E-state index < -0.39 is 30.5 Å². The average molecular weight is 245 g/mol. The van der Waals surface area contributed by atoms with Gasteiger partial charge < -0.3 is 10.4 Å². The standard InChI is InChI=1S/C11H10F3NO2/c12-11(13,14)6-5-10(17)7-3-1-2-4-8(7)15-9(10)16/h1-4,17H,5-6H2,(H,15,16). The Kier molecular flexibility index (Phi) is 2.61. The molecule has 92 valence electrons. The van der Waals surface area contributed by atoms with Crippen molar-refractivity contribution in [2.45, 2.75) is 24.6 Å². The van der Waals surface area contributed by atoms with Crippen LogP contribution < -0.4 is 5.32 Å². The maximum Gasteiger partial charge on any atom is 0.389 e. The number of fused-ring (bicyclic) bond motifs is 1. The number of carbonyl (C=O) groups excluding carboxylic acids is 1. The van der Waals surface area contributed by atoms with Crippen LogP contribution in [0.15, 0.2) is 24.3 Å². The fraction of sp³-hybridized carbons (Fsp3) is 0.364. The van der Waals surface area contributed by atoms with E-state index >= 15 is 0 Å². The van der Waals surface area contributed by atoms with Gasteiger partial charge in [0.25, 0.3) is 5.91 Å². The van der Waals surface area contributed by atoms with E-state index in [2.05, 4.69) is 5.32 Å². The number of benzene rings is 1. The predicted octanol–water partition coefficient (Wildman–Crippen LogP) is 2.17. The number of hydrogen-bond donors (Lipinski definition) is 2. The first kappa shape index (κ1) is 11.9. The van der Waals surface area contributed by atoms with Crippen molar-refractivity contribution in [3.05, 3.63) is 29.8 Å². The lowest BCUT2D eigenvalue weighted by molar-refractivity contribution is -0.154. The van der Waals surface area contributed by atoms with E-state index in [4.69, 9.17) is 0 Å². The molecular weight excluding hydrogens is 235 g/mol. The minimum Gasteiger partial charge on any atom is -0.375 e. The summed E-state index contributed by atoms with van der Waals surface area (Å²) < 4.78 is 36.4. The third-order valence-electron chi connectivity index (χ3n) is 2.77. The molecule has 1 aliphatic heterocycles. The molecule has 0 spiro atoms. The van der Waals surface area contributed by atoms with Gasteiger partial charge in [0.2, 0.25) is 0 Å². The maximum atomic E-state index is 12.1. The number of rotatable bonds is 2. The highest BCUT2D eigenvalue weighted by atomic mass is 19.4. The highest BCUT2D eigenvalue weighted by molar-refractivity contribution is 6.04. The fourth-order valence-electron chi connectivity index (χ4n) is 1.87. The summed E-state index contributed by atoms with van der Waals surface area (Å²) in [5.41, 5.74) is -1.51. The van der Waals surface area contributed by atoms with E-state index in [0.29, 0.717) is 5.69 Å². The Morgan fingerprint density at radius 1 is 1.29 bits per heavy atom. The molecule has 0 saturated carbocycles. The molecule has 0 aliphatic carbocycles. The average Bonchev–Trinajstić information content (AvgIpc) is 2.49. The Balaban J connectivity index is 2.28. The number of anilines is 1. The van der Waals surface area contributed by atoms with Crippen LogP contribution in [0.5, 0.6) is 0 Å². The lowest BCUT2D eigenvalue weighted by Crippen LogP contribution is -2.35. The van der Waals surface area contributed by atoms with Crippen LogP contribution in [-0.2, 0) is 10.4 Å². The van der Waals surface area contributed by atoms with Crippen LogP contribution in [0.1, 0.15) is 18.4 Å². The summed E-state index contributed by atoms with van der Waals surface area (Å²) >= 11 is 0. The second-order valence-corrected chi connectivity index (χ2v) is 3.98. The quantitative estimate of drug-likeness (QED) is 0.838. The van der Waals surface area contributed by atoms with Crippen LogP contribution in [0.3, 0.4) is 0 Å². The first-order valence-corrected chi connectivity index (χ1v) is 5.03. The second-order valence-electron chi connectivity index (χ2n) is 3.98. The summed E-state index contributed by atoms with van der Waals surface area (Å²) in [6.07, 6.45) is -6.27. The third kappa shape index (κ3) is 2.12. The van der Waals surface area contributed by atoms with Gasteiger partial charge in [0.1, 0.15) is 0 Å². The lowest BCUT2D eigenvalue weighted by Gasteiger charge is -2.21. The van der Waals surface area contributed by atoms with E-state index in [1.54, 1.807) is 18.2 Å². The SMILES string of the molecule is O=C1Nc2ccccc2C1(O)CCC(F)(F)F. The molecule has 2 N–H and O–H groups in total. The number of amides is 1.